The molecule has 0 amide bonds. The molecular formula is C16H22N6OS. The Morgan fingerprint density at radius 3 is 2.42 bits per heavy atom. The van der Waals surface area contributed by atoms with E-state index in [-0.39, 0.29) is 5.56 Å². The summed E-state index contributed by atoms with van der Waals surface area (Å²) < 4.78 is 0. The van der Waals surface area contributed by atoms with Gasteiger partial charge in [0.15, 0.2) is 5.16 Å². The number of thioether (sulfide) groups is 1. The average Bonchev–Trinajstić information content (AvgIpc) is 2.52. The van der Waals surface area contributed by atoms with Crippen molar-refractivity contribution in [1.29, 1.82) is 0 Å². The van der Waals surface area contributed by atoms with Crippen LogP contribution in [0.15, 0.2) is 22.1 Å². The van der Waals surface area contributed by atoms with Crippen LogP contribution in [0.4, 0.5) is 5.95 Å². The number of hydrogen-bond donors (Lipinski definition) is 1. The molecule has 1 aliphatic rings. The van der Waals surface area contributed by atoms with Crippen molar-refractivity contribution >= 4 is 17.7 Å². The van der Waals surface area contributed by atoms with E-state index in [9.17, 15) is 4.79 Å². The molecule has 7 nitrogen and oxygen atoms in total. The lowest BCUT2D eigenvalue weighted by Gasteiger charge is -2.32. The van der Waals surface area contributed by atoms with Gasteiger partial charge < -0.3 is 9.80 Å². The van der Waals surface area contributed by atoms with E-state index in [1.165, 1.54) is 11.8 Å². The number of H-pyrrole nitrogens is 1. The molecule has 3 heterocycles. The van der Waals surface area contributed by atoms with Crippen molar-refractivity contribution < 1.29 is 0 Å². The molecule has 2 aromatic heterocycles. The van der Waals surface area contributed by atoms with Gasteiger partial charge in [-0.25, -0.2) is 15.0 Å². The van der Waals surface area contributed by atoms with E-state index in [0.717, 1.165) is 48.4 Å². The van der Waals surface area contributed by atoms with Crippen molar-refractivity contribution in [1.82, 2.24) is 24.8 Å². The molecule has 24 heavy (non-hydrogen) atoms. The summed E-state index contributed by atoms with van der Waals surface area (Å²) in [7, 11) is 2.10. The van der Waals surface area contributed by atoms with Gasteiger partial charge in [0.1, 0.15) is 0 Å². The van der Waals surface area contributed by atoms with E-state index in [1.807, 2.05) is 19.9 Å². The number of likely N-dealkylation sites (N-methyl/N-ethyl adjacent to an activating group) is 1. The SMILES string of the molecule is Cc1cc(C)nc(SCc2cc(=O)[nH]c(N3CCN(C)CC3)n2)n1. The molecule has 0 atom stereocenters. The maximum Gasteiger partial charge on any atom is 0.252 e. The van der Waals surface area contributed by atoms with Gasteiger partial charge in [0.25, 0.3) is 5.56 Å². The molecule has 0 spiro atoms. The van der Waals surface area contributed by atoms with E-state index in [1.54, 1.807) is 6.07 Å². The van der Waals surface area contributed by atoms with Crippen LogP contribution in [0.5, 0.6) is 0 Å². The normalized spacial score (nSPS) is 15.7. The molecule has 128 valence electrons. The van der Waals surface area contributed by atoms with Crippen LogP contribution in [-0.4, -0.2) is 58.1 Å². The number of aromatic amines is 1. The van der Waals surface area contributed by atoms with Crippen molar-refractivity contribution in [2.75, 3.05) is 38.1 Å². The Hall–Kier alpha value is -1.93. The van der Waals surface area contributed by atoms with Crippen LogP contribution in [0.25, 0.3) is 0 Å². The van der Waals surface area contributed by atoms with E-state index >= 15 is 0 Å². The van der Waals surface area contributed by atoms with Crippen molar-refractivity contribution in [3.05, 3.63) is 39.6 Å². The van der Waals surface area contributed by atoms with Gasteiger partial charge in [-0.3, -0.25) is 9.78 Å². The Bertz CT molecular complexity index is 749. The summed E-state index contributed by atoms with van der Waals surface area (Å²) in [5.74, 6) is 1.24. The monoisotopic (exact) mass is 346 g/mol. The van der Waals surface area contributed by atoms with E-state index < -0.39 is 0 Å². The smallest absolute Gasteiger partial charge is 0.252 e. The molecule has 0 aromatic carbocycles. The van der Waals surface area contributed by atoms with Crippen LogP contribution < -0.4 is 10.5 Å². The molecule has 0 saturated carbocycles. The highest BCUT2D eigenvalue weighted by Gasteiger charge is 2.16. The summed E-state index contributed by atoms with van der Waals surface area (Å²) in [6.07, 6.45) is 0. The van der Waals surface area contributed by atoms with Crippen LogP contribution in [0.1, 0.15) is 17.1 Å². The number of aromatic nitrogens is 4. The van der Waals surface area contributed by atoms with Crippen molar-refractivity contribution in [2.24, 2.45) is 0 Å². The minimum atomic E-state index is -0.115. The van der Waals surface area contributed by atoms with Gasteiger partial charge >= 0.3 is 0 Å². The zero-order valence-corrected chi connectivity index (χ0v) is 15.1. The largest absolute Gasteiger partial charge is 0.340 e. The van der Waals surface area contributed by atoms with E-state index in [2.05, 4.69) is 36.8 Å². The summed E-state index contributed by atoms with van der Waals surface area (Å²) >= 11 is 1.50. The fourth-order valence-corrected chi connectivity index (χ4v) is 3.47. The maximum atomic E-state index is 12.0. The first-order chi connectivity index (χ1) is 11.5. The Labute approximate surface area is 145 Å². The Kier molecular flexibility index (Phi) is 5.15. The number of hydrogen-bond acceptors (Lipinski definition) is 7. The van der Waals surface area contributed by atoms with Gasteiger partial charge in [0.2, 0.25) is 5.95 Å². The molecule has 2 aromatic rings. The predicted molar refractivity (Wildman–Crippen MR) is 95.6 cm³/mol. The lowest BCUT2D eigenvalue weighted by molar-refractivity contribution is 0.311. The summed E-state index contributed by atoms with van der Waals surface area (Å²) in [4.78, 5) is 32.7. The third-order valence-electron chi connectivity index (χ3n) is 3.90. The molecule has 1 aliphatic heterocycles. The Morgan fingerprint density at radius 1 is 1.08 bits per heavy atom. The second-order valence-electron chi connectivity index (χ2n) is 6.07. The van der Waals surface area contributed by atoms with Crippen LogP contribution >= 0.6 is 11.8 Å². The zero-order chi connectivity index (χ0) is 17.1. The highest BCUT2D eigenvalue weighted by molar-refractivity contribution is 7.98. The van der Waals surface area contributed by atoms with Gasteiger partial charge in [-0.15, -0.1) is 0 Å². The molecule has 8 heteroatoms. The topological polar surface area (TPSA) is 78.0 Å². The highest BCUT2D eigenvalue weighted by atomic mass is 32.2. The minimum Gasteiger partial charge on any atom is -0.340 e. The second-order valence-corrected chi connectivity index (χ2v) is 7.02. The number of aryl methyl sites for hydroxylation is 2. The number of piperazine rings is 1. The molecule has 0 radical (unpaired) electrons. The minimum absolute atomic E-state index is 0.115. The van der Waals surface area contributed by atoms with Crippen LogP contribution in [-0.2, 0) is 5.75 Å². The number of nitrogens with one attached hydrogen (secondary N) is 1. The molecule has 3 rings (SSSR count). The van der Waals surface area contributed by atoms with Crippen molar-refractivity contribution in [2.45, 2.75) is 24.8 Å². The highest BCUT2D eigenvalue weighted by Crippen LogP contribution is 2.19. The van der Waals surface area contributed by atoms with Crippen molar-refractivity contribution in [3.8, 4) is 0 Å². The first kappa shape index (κ1) is 16.9. The van der Waals surface area contributed by atoms with Crippen LogP contribution in [0.3, 0.4) is 0 Å². The third kappa shape index (κ3) is 4.33. The van der Waals surface area contributed by atoms with Gasteiger partial charge in [0.05, 0.1) is 5.69 Å². The quantitative estimate of drug-likeness (QED) is 0.659. The van der Waals surface area contributed by atoms with E-state index in [0.29, 0.717) is 11.7 Å². The summed E-state index contributed by atoms with van der Waals surface area (Å²) in [5, 5.41) is 0.718. The van der Waals surface area contributed by atoms with Gasteiger partial charge in [-0.2, -0.15) is 0 Å². The van der Waals surface area contributed by atoms with Crippen LogP contribution in [0, 0.1) is 13.8 Å². The maximum absolute atomic E-state index is 12.0. The molecule has 0 bridgehead atoms. The average molecular weight is 346 g/mol. The number of anilines is 1. The molecule has 1 fully saturated rings. The van der Waals surface area contributed by atoms with E-state index in [4.69, 9.17) is 0 Å². The fourth-order valence-electron chi connectivity index (χ4n) is 2.63. The van der Waals surface area contributed by atoms with Crippen LogP contribution in [0.2, 0.25) is 0 Å². The lowest BCUT2D eigenvalue weighted by atomic mass is 10.3. The molecule has 0 unspecified atom stereocenters. The standard InChI is InChI=1S/C16H22N6OS/c1-11-8-12(2)18-16(17-11)24-10-13-9-14(23)20-15(19-13)22-6-4-21(3)5-7-22/h8-9H,4-7,10H2,1-3H3,(H,19,20,23). The molecule has 1 saturated heterocycles. The number of rotatable bonds is 4. The summed E-state index contributed by atoms with van der Waals surface area (Å²) in [5.41, 5.74) is 2.53. The third-order valence-corrected chi connectivity index (χ3v) is 4.78. The van der Waals surface area contributed by atoms with Crippen molar-refractivity contribution in [3.63, 3.8) is 0 Å². The zero-order valence-electron chi connectivity index (χ0n) is 14.2. The predicted octanol–water partition coefficient (Wildman–Crippen LogP) is 1.22. The summed E-state index contributed by atoms with van der Waals surface area (Å²) in [6, 6.07) is 3.50. The first-order valence-electron chi connectivity index (χ1n) is 7.98. The molecule has 0 aliphatic carbocycles. The lowest BCUT2D eigenvalue weighted by Crippen LogP contribution is -2.45. The molecule has 1 N–H and O–H groups in total. The first-order valence-corrected chi connectivity index (χ1v) is 8.97. The second kappa shape index (κ2) is 7.31. The summed E-state index contributed by atoms with van der Waals surface area (Å²) in [6.45, 7) is 7.59. The van der Waals surface area contributed by atoms with Gasteiger partial charge in [0, 0.05) is 49.4 Å². The Balaban J connectivity index is 1.73. The fraction of sp³-hybridized carbons (Fsp3) is 0.500. The molecular weight excluding hydrogens is 324 g/mol. The number of nitrogens with zero attached hydrogens (tertiary/aromatic N) is 5. The van der Waals surface area contributed by atoms with Gasteiger partial charge in [-0.05, 0) is 27.0 Å². The Morgan fingerprint density at radius 2 is 1.75 bits per heavy atom. The van der Waals surface area contributed by atoms with Gasteiger partial charge in [-0.1, -0.05) is 11.8 Å².